The quantitative estimate of drug-likeness (QED) is 0.706. The van der Waals surface area contributed by atoms with Gasteiger partial charge in [0.2, 0.25) is 0 Å². The molecule has 0 aliphatic carbocycles. The summed E-state index contributed by atoms with van der Waals surface area (Å²) in [7, 11) is 0. The van der Waals surface area contributed by atoms with E-state index in [2.05, 4.69) is 16.5 Å². The van der Waals surface area contributed by atoms with Crippen LogP contribution in [-0.2, 0) is 13.1 Å². The molecule has 0 radical (unpaired) electrons. The number of aromatic nitrogens is 2. The van der Waals surface area contributed by atoms with E-state index in [1.54, 1.807) is 0 Å². The molecule has 0 saturated carbocycles. The fourth-order valence-electron chi connectivity index (χ4n) is 1.13. The summed E-state index contributed by atoms with van der Waals surface area (Å²) in [4.78, 5) is 4.16. The van der Waals surface area contributed by atoms with E-state index >= 15 is 0 Å². The molecule has 2 N–H and O–H groups in total. The van der Waals surface area contributed by atoms with Crippen molar-refractivity contribution in [3.8, 4) is 0 Å². The van der Waals surface area contributed by atoms with Gasteiger partial charge in [-0.2, -0.15) is 11.8 Å². The molecule has 4 heteroatoms. The lowest BCUT2D eigenvalue weighted by atomic mass is 10.4. The Morgan fingerprint density at radius 3 is 3.08 bits per heavy atom. The number of aryl methyl sites for hydroxylation is 1. The molecule has 0 aromatic carbocycles. The maximum atomic E-state index is 5.46. The SMILES string of the molecule is CCSCCCn1cnc(CN)c1. The summed E-state index contributed by atoms with van der Waals surface area (Å²) in [6.45, 7) is 3.78. The van der Waals surface area contributed by atoms with Gasteiger partial charge in [0.05, 0.1) is 12.0 Å². The first-order valence-electron chi connectivity index (χ1n) is 4.65. The molecule has 0 aliphatic heterocycles. The lowest BCUT2D eigenvalue weighted by Gasteiger charge is -2.00. The van der Waals surface area contributed by atoms with Crippen LogP contribution in [0.4, 0.5) is 0 Å². The second-order valence-corrected chi connectivity index (χ2v) is 4.25. The molecule has 0 fully saturated rings. The number of hydrogen-bond donors (Lipinski definition) is 1. The fourth-order valence-corrected chi connectivity index (χ4v) is 1.75. The van der Waals surface area contributed by atoms with Crippen molar-refractivity contribution in [1.82, 2.24) is 9.55 Å². The lowest BCUT2D eigenvalue weighted by Crippen LogP contribution is -1.97. The van der Waals surface area contributed by atoms with Gasteiger partial charge in [-0.15, -0.1) is 0 Å². The Hall–Kier alpha value is -0.480. The molecule has 1 aromatic heterocycles. The van der Waals surface area contributed by atoms with E-state index in [1.807, 2.05) is 24.3 Å². The molecule has 1 heterocycles. The molecule has 1 rings (SSSR count). The van der Waals surface area contributed by atoms with E-state index in [-0.39, 0.29) is 0 Å². The summed E-state index contributed by atoms with van der Waals surface area (Å²) in [5.41, 5.74) is 6.43. The van der Waals surface area contributed by atoms with Crippen LogP contribution in [0.2, 0.25) is 0 Å². The summed E-state index contributed by atoms with van der Waals surface area (Å²) in [5.74, 6) is 2.44. The third kappa shape index (κ3) is 3.83. The van der Waals surface area contributed by atoms with Gasteiger partial charge < -0.3 is 10.3 Å². The highest BCUT2D eigenvalue weighted by Crippen LogP contribution is 2.03. The second kappa shape index (κ2) is 6.05. The molecule has 1 aromatic rings. The molecule has 13 heavy (non-hydrogen) atoms. The first kappa shape index (κ1) is 10.6. The monoisotopic (exact) mass is 199 g/mol. The number of nitrogens with two attached hydrogens (primary N) is 1. The van der Waals surface area contributed by atoms with Gasteiger partial charge in [0, 0.05) is 19.3 Å². The van der Waals surface area contributed by atoms with Gasteiger partial charge in [-0.1, -0.05) is 6.92 Å². The number of imidazole rings is 1. The zero-order chi connectivity index (χ0) is 9.52. The summed E-state index contributed by atoms with van der Waals surface area (Å²) >= 11 is 1.98. The maximum absolute atomic E-state index is 5.46. The van der Waals surface area contributed by atoms with Crippen LogP contribution in [0.25, 0.3) is 0 Å². The van der Waals surface area contributed by atoms with Crippen molar-refractivity contribution in [1.29, 1.82) is 0 Å². The number of nitrogens with zero attached hydrogens (tertiary/aromatic N) is 2. The minimum atomic E-state index is 0.538. The number of rotatable bonds is 6. The summed E-state index contributed by atoms with van der Waals surface area (Å²) in [5, 5.41) is 0. The predicted octanol–water partition coefficient (Wildman–Crippen LogP) is 1.48. The van der Waals surface area contributed by atoms with Gasteiger partial charge in [-0.25, -0.2) is 4.98 Å². The Kier molecular flexibility index (Phi) is 4.93. The van der Waals surface area contributed by atoms with Crippen molar-refractivity contribution >= 4 is 11.8 Å². The van der Waals surface area contributed by atoms with Gasteiger partial charge in [0.1, 0.15) is 0 Å². The summed E-state index contributed by atoms with van der Waals surface area (Å²) in [6.07, 6.45) is 5.09. The van der Waals surface area contributed by atoms with Crippen molar-refractivity contribution in [2.24, 2.45) is 5.73 Å². The van der Waals surface area contributed by atoms with Crippen LogP contribution in [0.1, 0.15) is 19.0 Å². The van der Waals surface area contributed by atoms with Gasteiger partial charge in [-0.05, 0) is 17.9 Å². The molecule has 3 nitrogen and oxygen atoms in total. The van der Waals surface area contributed by atoms with Crippen LogP contribution in [-0.4, -0.2) is 21.1 Å². The van der Waals surface area contributed by atoms with Crippen LogP contribution >= 0.6 is 11.8 Å². The van der Waals surface area contributed by atoms with Crippen molar-refractivity contribution in [2.45, 2.75) is 26.4 Å². The molecule has 74 valence electrons. The molecule has 0 bridgehead atoms. The predicted molar refractivity (Wildman–Crippen MR) is 57.7 cm³/mol. The van der Waals surface area contributed by atoms with Crippen molar-refractivity contribution < 1.29 is 0 Å². The maximum Gasteiger partial charge on any atom is 0.0949 e. The molecule has 0 atom stereocenters. The van der Waals surface area contributed by atoms with Crippen molar-refractivity contribution in [3.05, 3.63) is 18.2 Å². The average molecular weight is 199 g/mol. The first-order chi connectivity index (χ1) is 6.36. The second-order valence-electron chi connectivity index (χ2n) is 2.86. The van der Waals surface area contributed by atoms with Crippen LogP contribution in [0.5, 0.6) is 0 Å². The Bertz CT molecular complexity index is 235. The molecule has 0 spiro atoms. The largest absolute Gasteiger partial charge is 0.337 e. The van der Waals surface area contributed by atoms with Crippen LogP contribution in [0.3, 0.4) is 0 Å². The highest BCUT2D eigenvalue weighted by Gasteiger charge is 1.95. The molecule has 0 amide bonds. The molecular formula is C9H17N3S. The highest BCUT2D eigenvalue weighted by molar-refractivity contribution is 7.99. The van der Waals surface area contributed by atoms with Crippen LogP contribution < -0.4 is 5.73 Å². The van der Waals surface area contributed by atoms with E-state index in [4.69, 9.17) is 5.73 Å². The van der Waals surface area contributed by atoms with E-state index in [0.29, 0.717) is 6.54 Å². The Morgan fingerprint density at radius 1 is 1.62 bits per heavy atom. The minimum Gasteiger partial charge on any atom is -0.337 e. The summed E-state index contributed by atoms with van der Waals surface area (Å²) < 4.78 is 2.11. The highest BCUT2D eigenvalue weighted by atomic mass is 32.2. The third-order valence-corrected chi connectivity index (χ3v) is 2.79. The van der Waals surface area contributed by atoms with Crippen molar-refractivity contribution in [3.63, 3.8) is 0 Å². The topological polar surface area (TPSA) is 43.8 Å². The fraction of sp³-hybridized carbons (Fsp3) is 0.667. The minimum absolute atomic E-state index is 0.538. The zero-order valence-electron chi connectivity index (χ0n) is 8.07. The van der Waals surface area contributed by atoms with E-state index in [1.165, 1.54) is 17.9 Å². The van der Waals surface area contributed by atoms with E-state index < -0.39 is 0 Å². The third-order valence-electron chi connectivity index (χ3n) is 1.80. The number of thioether (sulfide) groups is 1. The Morgan fingerprint density at radius 2 is 2.46 bits per heavy atom. The van der Waals surface area contributed by atoms with Gasteiger partial charge in [-0.3, -0.25) is 0 Å². The Labute approximate surface area is 83.7 Å². The normalized spacial score (nSPS) is 10.6. The van der Waals surface area contributed by atoms with Gasteiger partial charge >= 0.3 is 0 Å². The zero-order valence-corrected chi connectivity index (χ0v) is 8.89. The number of hydrogen-bond acceptors (Lipinski definition) is 3. The lowest BCUT2D eigenvalue weighted by molar-refractivity contribution is 0.682. The van der Waals surface area contributed by atoms with E-state index in [9.17, 15) is 0 Å². The molecular weight excluding hydrogens is 182 g/mol. The summed E-state index contributed by atoms with van der Waals surface area (Å²) in [6, 6.07) is 0. The average Bonchev–Trinajstić information content (AvgIpc) is 2.60. The Balaban J connectivity index is 2.20. The molecule has 0 aliphatic rings. The standard InChI is InChI=1S/C9H17N3S/c1-2-13-5-3-4-12-7-9(6-10)11-8-12/h7-8H,2-6,10H2,1H3. The van der Waals surface area contributed by atoms with Crippen molar-refractivity contribution in [2.75, 3.05) is 11.5 Å². The van der Waals surface area contributed by atoms with Gasteiger partial charge in [0.15, 0.2) is 0 Å². The van der Waals surface area contributed by atoms with E-state index in [0.717, 1.165) is 12.2 Å². The smallest absolute Gasteiger partial charge is 0.0949 e. The first-order valence-corrected chi connectivity index (χ1v) is 5.80. The van der Waals surface area contributed by atoms with Crippen LogP contribution in [0, 0.1) is 0 Å². The molecule has 0 saturated heterocycles. The molecule has 0 unspecified atom stereocenters. The van der Waals surface area contributed by atoms with Crippen LogP contribution in [0.15, 0.2) is 12.5 Å². The van der Waals surface area contributed by atoms with Gasteiger partial charge in [0.25, 0.3) is 0 Å².